The summed E-state index contributed by atoms with van der Waals surface area (Å²) in [7, 11) is 0. The fraction of sp³-hybridized carbons (Fsp3) is 0.545. The normalized spacial score (nSPS) is 26.1. The van der Waals surface area contributed by atoms with Gasteiger partial charge >= 0.3 is 0 Å². The molecule has 0 bridgehead atoms. The number of hydrogen-bond donors (Lipinski definition) is 0. The summed E-state index contributed by atoms with van der Waals surface area (Å²) in [6.45, 7) is 7.83. The van der Waals surface area contributed by atoms with Gasteiger partial charge in [0.25, 0.3) is 0 Å². The Morgan fingerprint density at radius 2 is 2.07 bits per heavy atom. The van der Waals surface area contributed by atoms with Gasteiger partial charge in [0.2, 0.25) is 3.79 Å². The number of rotatable bonds is 1. The van der Waals surface area contributed by atoms with Crippen LogP contribution in [-0.2, 0) is 4.79 Å². The van der Waals surface area contributed by atoms with Gasteiger partial charge in [-0.3, -0.25) is 0 Å². The second-order valence-electron chi connectivity index (χ2n) is 4.46. The van der Waals surface area contributed by atoms with Crippen molar-refractivity contribution in [2.75, 3.05) is 0 Å². The van der Waals surface area contributed by atoms with E-state index in [4.69, 9.17) is 34.8 Å². The van der Waals surface area contributed by atoms with E-state index in [9.17, 15) is 4.79 Å². The molecule has 0 saturated carbocycles. The smallest absolute Gasteiger partial charge is 0.212 e. The van der Waals surface area contributed by atoms with Crippen molar-refractivity contribution in [3.05, 3.63) is 23.8 Å². The first-order valence-corrected chi connectivity index (χ1v) is 5.74. The molecule has 1 rings (SSSR count). The highest BCUT2D eigenvalue weighted by molar-refractivity contribution is 6.69. The van der Waals surface area contributed by atoms with Gasteiger partial charge in [-0.15, -0.1) is 0 Å². The molecule has 1 aliphatic carbocycles. The minimum atomic E-state index is -1.45. The van der Waals surface area contributed by atoms with Crippen LogP contribution in [0, 0.1) is 11.3 Å². The summed E-state index contributed by atoms with van der Waals surface area (Å²) >= 11 is 17.7. The lowest BCUT2D eigenvalue weighted by Gasteiger charge is -2.38. The molecule has 0 aromatic rings. The molecule has 84 valence electrons. The topological polar surface area (TPSA) is 17.1 Å². The summed E-state index contributed by atoms with van der Waals surface area (Å²) in [6.07, 6.45) is 3.20. The van der Waals surface area contributed by atoms with E-state index < -0.39 is 3.79 Å². The largest absolute Gasteiger partial charge is 0.302 e. The van der Waals surface area contributed by atoms with E-state index in [0.717, 1.165) is 11.9 Å². The van der Waals surface area contributed by atoms with E-state index in [0.29, 0.717) is 12.0 Å². The summed E-state index contributed by atoms with van der Waals surface area (Å²) in [6, 6.07) is 0. The second kappa shape index (κ2) is 4.12. The number of aldehydes is 1. The Morgan fingerprint density at radius 3 is 2.47 bits per heavy atom. The number of carbonyl (C=O) groups excluding carboxylic acids is 1. The van der Waals surface area contributed by atoms with Crippen molar-refractivity contribution in [2.45, 2.75) is 24.1 Å². The van der Waals surface area contributed by atoms with E-state index in [-0.39, 0.29) is 11.3 Å². The van der Waals surface area contributed by atoms with Crippen LogP contribution < -0.4 is 0 Å². The SMILES string of the molecule is C=C1CC(C)(C)C(C(Cl)(Cl)Cl)=CC1C=O. The molecule has 1 atom stereocenters. The van der Waals surface area contributed by atoms with Crippen LogP contribution in [0.25, 0.3) is 0 Å². The van der Waals surface area contributed by atoms with Gasteiger partial charge in [0.05, 0.1) is 5.92 Å². The maximum atomic E-state index is 10.8. The van der Waals surface area contributed by atoms with Crippen molar-refractivity contribution in [2.24, 2.45) is 11.3 Å². The fourth-order valence-electron chi connectivity index (χ4n) is 1.92. The minimum absolute atomic E-state index is 0.262. The first-order chi connectivity index (χ1) is 6.68. The molecule has 0 aromatic carbocycles. The van der Waals surface area contributed by atoms with Gasteiger partial charge in [0.15, 0.2) is 0 Å². The van der Waals surface area contributed by atoms with Crippen molar-refractivity contribution in [1.82, 2.24) is 0 Å². The molecule has 15 heavy (non-hydrogen) atoms. The number of halogens is 3. The monoisotopic (exact) mass is 266 g/mol. The van der Waals surface area contributed by atoms with Gasteiger partial charge in [-0.2, -0.15) is 0 Å². The zero-order valence-corrected chi connectivity index (χ0v) is 11.0. The Balaban J connectivity index is 3.20. The average molecular weight is 268 g/mol. The Hall–Kier alpha value is 0.0200. The fourth-order valence-corrected chi connectivity index (χ4v) is 2.87. The van der Waals surface area contributed by atoms with E-state index in [1.807, 2.05) is 13.8 Å². The highest BCUT2D eigenvalue weighted by Crippen LogP contribution is 2.50. The van der Waals surface area contributed by atoms with E-state index in [2.05, 4.69) is 6.58 Å². The molecule has 0 spiro atoms. The van der Waals surface area contributed by atoms with Crippen LogP contribution in [0.2, 0.25) is 0 Å². The quantitative estimate of drug-likeness (QED) is 0.397. The Morgan fingerprint density at radius 1 is 1.53 bits per heavy atom. The summed E-state index contributed by atoms with van der Waals surface area (Å²) in [5.74, 6) is -0.330. The standard InChI is InChI=1S/C11H13Cl3O/c1-7-5-10(2,3)9(11(12,13)14)4-8(7)6-15/h4,6,8H,1,5H2,2-3H3. The zero-order valence-electron chi connectivity index (χ0n) is 8.69. The van der Waals surface area contributed by atoms with Crippen molar-refractivity contribution < 1.29 is 4.79 Å². The molecule has 0 aromatic heterocycles. The van der Waals surface area contributed by atoms with E-state index >= 15 is 0 Å². The third kappa shape index (κ3) is 2.77. The first kappa shape index (κ1) is 13.1. The molecule has 0 radical (unpaired) electrons. The lowest BCUT2D eigenvalue weighted by Crippen LogP contribution is -2.31. The van der Waals surface area contributed by atoms with Gasteiger partial charge in [0.1, 0.15) is 6.29 Å². The number of hydrogen-bond acceptors (Lipinski definition) is 1. The second-order valence-corrected chi connectivity index (χ2v) is 6.74. The first-order valence-electron chi connectivity index (χ1n) is 4.61. The summed E-state index contributed by atoms with van der Waals surface area (Å²) in [4.78, 5) is 10.8. The van der Waals surface area contributed by atoms with Gasteiger partial charge in [-0.1, -0.05) is 66.9 Å². The van der Waals surface area contributed by atoms with Gasteiger partial charge < -0.3 is 4.79 Å². The molecule has 1 unspecified atom stereocenters. The predicted molar refractivity (Wildman–Crippen MR) is 65.5 cm³/mol. The molecule has 0 amide bonds. The van der Waals surface area contributed by atoms with Crippen LogP contribution in [0.5, 0.6) is 0 Å². The Labute approximate surface area is 105 Å². The Bertz CT molecular complexity index is 323. The average Bonchev–Trinajstić information content (AvgIpc) is 1.99. The Kier molecular flexibility index (Phi) is 3.59. The molecular formula is C11H13Cl3O. The summed E-state index contributed by atoms with van der Waals surface area (Å²) < 4.78 is -1.45. The lowest BCUT2D eigenvalue weighted by molar-refractivity contribution is -0.109. The van der Waals surface area contributed by atoms with E-state index in [1.54, 1.807) is 6.08 Å². The van der Waals surface area contributed by atoms with Crippen LogP contribution in [0.1, 0.15) is 20.3 Å². The third-order valence-electron chi connectivity index (χ3n) is 2.67. The zero-order chi connectivity index (χ0) is 11.9. The number of carbonyl (C=O) groups is 1. The number of alkyl halides is 3. The summed E-state index contributed by atoms with van der Waals surface area (Å²) in [5, 5.41) is 0. The van der Waals surface area contributed by atoms with Crippen LogP contribution in [0.3, 0.4) is 0 Å². The highest BCUT2D eigenvalue weighted by atomic mass is 35.6. The van der Waals surface area contributed by atoms with Crippen molar-refractivity contribution in [1.29, 1.82) is 0 Å². The molecule has 0 saturated heterocycles. The highest BCUT2D eigenvalue weighted by Gasteiger charge is 2.41. The van der Waals surface area contributed by atoms with Crippen molar-refractivity contribution in [3.63, 3.8) is 0 Å². The third-order valence-corrected chi connectivity index (χ3v) is 3.28. The molecule has 0 heterocycles. The van der Waals surface area contributed by atoms with Crippen molar-refractivity contribution >= 4 is 41.1 Å². The van der Waals surface area contributed by atoms with Gasteiger partial charge in [0, 0.05) is 0 Å². The van der Waals surface area contributed by atoms with Crippen LogP contribution in [-0.4, -0.2) is 10.1 Å². The maximum Gasteiger partial charge on any atom is 0.212 e. The maximum absolute atomic E-state index is 10.8. The van der Waals surface area contributed by atoms with Crippen LogP contribution in [0.4, 0.5) is 0 Å². The van der Waals surface area contributed by atoms with Gasteiger partial charge in [-0.05, 0) is 17.4 Å². The minimum Gasteiger partial charge on any atom is -0.302 e. The van der Waals surface area contributed by atoms with Crippen LogP contribution >= 0.6 is 34.8 Å². The van der Waals surface area contributed by atoms with E-state index in [1.165, 1.54) is 0 Å². The molecule has 1 nitrogen and oxygen atoms in total. The van der Waals surface area contributed by atoms with Crippen molar-refractivity contribution in [3.8, 4) is 0 Å². The van der Waals surface area contributed by atoms with Gasteiger partial charge in [-0.25, -0.2) is 0 Å². The molecule has 1 aliphatic rings. The molecular weight excluding hydrogens is 254 g/mol. The van der Waals surface area contributed by atoms with Crippen LogP contribution in [0.15, 0.2) is 23.8 Å². The molecule has 0 aliphatic heterocycles. The molecule has 0 fully saturated rings. The summed E-state index contributed by atoms with van der Waals surface area (Å²) in [5.41, 5.74) is 1.28. The molecule has 0 N–H and O–H groups in total. The number of allylic oxidation sites excluding steroid dienone is 3. The predicted octanol–water partition coefficient (Wildman–Crippen LogP) is 4.08. The molecule has 4 heteroatoms. The lowest BCUT2D eigenvalue weighted by atomic mass is 9.71.